The lowest BCUT2D eigenvalue weighted by molar-refractivity contribution is 0.580. The predicted octanol–water partition coefficient (Wildman–Crippen LogP) is 1.09. The molecule has 1 heterocycles. The zero-order valence-corrected chi connectivity index (χ0v) is 13.3. The summed E-state index contributed by atoms with van der Waals surface area (Å²) >= 11 is 0. The van der Waals surface area contributed by atoms with Crippen LogP contribution in [0.15, 0.2) is 23.1 Å². The lowest BCUT2D eigenvalue weighted by Gasteiger charge is -2.19. The van der Waals surface area contributed by atoms with Crippen molar-refractivity contribution < 1.29 is 12.6 Å². The van der Waals surface area contributed by atoms with Crippen LogP contribution in [0.3, 0.4) is 0 Å². The zero-order valence-electron chi connectivity index (χ0n) is 11.7. The normalized spacial score (nSPS) is 17.9. The Hall–Kier alpha value is -0.920. The quantitative estimate of drug-likeness (QED) is 0.853. The van der Waals surface area contributed by atoms with Crippen LogP contribution >= 0.6 is 0 Å². The highest BCUT2D eigenvalue weighted by Gasteiger charge is 2.19. The first-order valence-electron chi connectivity index (χ1n) is 6.59. The monoisotopic (exact) mass is 316 g/mol. The van der Waals surface area contributed by atoms with Gasteiger partial charge in [0.2, 0.25) is 10.0 Å². The number of aryl methyl sites for hydroxylation is 1. The summed E-state index contributed by atoms with van der Waals surface area (Å²) in [6, 6.07) is 5.16. The number of rotatable bonds is 5. The topological polar surface area (TPSA) is 75.3 Å². The van der Waals surface area contributed by atoms with E-state index in [9.17, 15) is 12.6 Å². The molecule has 7 heteroatoms. The van der Waals surface area contributed by atoms with Crippen LogP contribution in [0.5, 0.6) is 0 Å². The van der Waals surface area contributed by atoms with Crippen LogP contribution in [-0.4, -0.2) is 37.2 Å². The zero-order chi connectivity index (χ0) is 14.8. The minimum Gasteiger partial charge on any atom is -0.385 e. The molecule has 5 nitrogen and oxygen atoms in total. The second kappa shape index (κ2) is 6.24. The fourth-order valence-electron chi connectivity index (χ4n) is 2.03. The highest BCUT2D eigenvalue weighted by molar-refractivity contribution is 7.89. The molecule has 0 saturated carbocycles. The molecule has 1 aromatic carbocycles. The molecule has 1 aliphatic rings. The van der Waals surface area contributed by atoms with Gasteiger partial charge in [0, 0.05) is 41.1 Å². The standard InChI is InChI=1S/C13H20N2O3S2/c1-10(19(2)16)9-15-20(17,18)12-6-5-11-4-3-7-14-13(11)8-12/h5-6,8,10,14-15H,3-4,7,9H2,1-2H3. The van der Waals surface area contributed by atoms with E-state index in [4.69, 9.17) is 0 Å². The minimum atomic E-state index is -3.55. The predicted molar refractivity (Wildman–Crippen MR) is 82.0 cm³/mol. The van der Waals surface area contributed by atoms with E-state index in [1.807, 2.05) is 6.07 Å². The second-order valence-corrected chi connectivity index (χ2v) is 8.58. The molecule has 0 aliphatic carbocycles. The Morgan fingerprint density at radius 2 is 2.20 bits per heavy atom. The van der Waals surface area contributed by atoms with Crippen LogP contribution in [-0.2, 0) is 27.2 Å². The fourth-order valence-corrected chi connectivity index (χ4v) is 3.61. The van der Waals surface area contributed by atoms with Crippen molar-refractivity contribution in [2.45, 2.75) is 29.9 Å². The van der Waals surface area contributed by atoms with Gasteiger partial charge in [-0.3, -0.25) is 4.21 Å². The van der Waals surface area contributed by atoms with E-state index in [1.165, 1.54) is 0 Å². The molecule has 2 rings (SSSR count). The summed E-state index contributed by atoms with van der Waals surface area (Å²) in [5, 5.41) is 3.01. The molecule has 0 saturated heterocycles. The lowest BCUT2D eigenvalue weighted by atomic mass is 10.0. The number of anilines is 1. The number of hydrogen-bond acceptors (Lipinski definition) is 4. The Bertz CT molecular complexity index is 614. The molecule has 0 spiro atoms. The average molecular weight is 316 g/mol. The Morgan fingerprint density at radius 3 is 2.90 bits per heavy atom. The van der Waals surface area contributed by atoms with Gasteiger partial charge in [0.1, 0.15) is 0 Å². The third-order valence-corrected chi connectivity index (χ3v) is 6.18. The summed E-state index contributed by atoms with van der Waals surface area (Å²) < 4.78 is 38.2. The van der Waals surface area contributed by atoms with Gasteiger partial charge in [0.15, 0.2) is 0 Å². The molecule has 2 atom stereocenters. The molecule has 1 aromatic rings. The van der Waals surface area contributed by atoms with Gasteiger partial charge in [-0.1, -0.05) is 6.07 Å². The summed E-state index contributed by atoms with van der Waals surface area (Å²) in [5.74, 6) is 0. The fraction of sp³-hybridized carbons (Fsp3) is 0.538. The van der Waals surface area contributed by atoms with Crippen LogP contribution in [0.25, 0.3) is 0 Å². The van der Waals surface area contributed by atoms with E-state index in [2.05, 4.69) is 10.0 Å². The highest BCUT2D eigenvalue weighted by atomic mass is 32.2. The van der Waals surface area contributed by atoms with Gasteiger partial charge in [-0.25, -0.2) is 13.1 Å². The Morgan fingerprint density at radius 1 is 1.45 bits per heavy atom. The second-order valence-electron chi connectivity index (χ2n) is 5.01. The molecule has 20 heavy (non-hydrogen) atoms. The van der Waals surface area contributed by atoms with Crippen molar-refractivity contribution in [1.29, 1.82) is 0 Å². The summed E-state index contributed by atoms with van der Waals surface area (Å²) in [4.78, 5) is 0.250. The lowest BCUT2D eigenvalue weighted by Crippen LogP contribution is -2.32. The average Bonchev–Trinajstić information content (AvgIpc) is 2.44. The van der Waals surface area contributed by atoms with Gasteiger partial charge in [-0.05, 0) is 37.5 Å². The molecule has 0 aromatic heterocycles. The number of benzene rings is 1. The highest BCUT2D eigenvalue weighted by Crippen LogP contribution is 2.25. The van der Waals surface area contributed by atoms with E-state index in [0.29, 0.717) is 0 Å². The Labute approximate surface area is 122 Å². The van der Waals surface area contributed by atoms with Gasteiger partial charge in [0.05, 0.1) is 4.90 Å². The first-order chi connectivity index (χ1) is 9.40. The van der Waals surface area contributed by atoms with Gasteiger partial charge in [0.25, 0.3) is 0 Å². The number of nitrogens with one attached hydrogen (secondary N) is 2. The maximum Gasteiger partial charge on any atom is 0.240 e. The largest absolute Gasteiger partial charge is 0.385 e. The van der Waals surface area contributed by atoms with E-state index in [-0.39, 0.29) is 16.7 Å². The van der Waals surface area contributed by atoms with Crippen molar-refractivity contribution in [3.8, 4) is 0 Å². The van der Waals surface area contributed by atoms with E-state index < -0.39 is 20.8 Å². The van der Waals surface area contributed by atoms with Crippen LogP contribution < -0.4 is 10.0 Å². The van der Waals surface area contributed by atoms with E-state index in [0.717, 1.165) is 30.6 Å². The first kappa shape index (κ1) is 15.5. The molecular formula is C13H20N2O3S2. The number of sulfonamides is 1. The SMILES string of the molecule is CC(CNS(=O)(=O)c1ccc2c(c1)NCCC2)S(C)=O. The third kappa shape index (κ3) is 3.59. The summed E-state index contributed by atoms with van der Waals surface area (Å²) in [7, 11) is -4.59. The minimum absolute atomic E-state index is 0.177. The molecule has 0 bridgehead atoms. The molecule has 2 N–H and O–H groups in total. The van der Waals surface area contributed by atoms with Crippen LogP contribution in [0, 0.1) is 0 Å². The van der Waals surface area contributed by atoms with Gasteiger partial charge >= 0.3 is 0 Å². The molecule has 2 unspecified atom stereocenters. The Kier molecular flexibility index (Phi) is 4.82. The third-order valence-electron chi connectivity index (χ3n) is 3.46. The molecule has 112 valence electrons. The smallest absolute Gasteiger partial charge is 0.240 e. The van der Waals surface area contributed by atoms with Crippen molar-refractivity contribution in [2.75, 3.05) is 24.7 Å². The van der Waals surface area contributed by atoms with E-state index in [1.54, 1.807) is 25.3 Å². The molecule has 1 aliphatic heterocycles. The maximum atomic E-state index is 12.2. The summed E-state index contributed by atoms with van der Waals surface area (Å²) in [6.07, 6.45) is 3.61. The van der Waals surface area contributed by atoms with Crippen LogP contribution in [0.2, 0.25) is 0 Å². The van der Waals surface area contributed by atoms with E-state index >= 15 is 0 Å². The molecule has 0 amide bonds. The first-order valence-corrected chi connectivity index (χ1v) is 9.69. The van der Waals surface area contributed by atoms with Crippen molar-refractivity contribution in [1.82, 2.24) is 4.72 Å². The van der Waals surface area contributed by atoms with Crippen LogP contribution in [0.4, 0.5) is 5.69 Å². The summed E-state index contributed by atoms with van der Waals surface area (Å²) in [5.41, 5.74) is 2.05. The van der Waals surface area contributed by atoms with Crippen molar-refractivity contribution >= 4 is 26.5 Å². The summed E-state index contributed by atoms with van der Waals surface area (Å²) in [6.45, 7) is 2.80. The molecule has 0 radical (unpaired) electrons. The van der Waals surface area contributed by atoms with Crippen LogP contribution in [0.1, 0.15) is 18.9 Å². The Balaban J connectivity index is 2.15. The number of fused-ring (bicyclic) bond motifs is 1. The van der Waals surface area contributed by atoms with Gasteiger partial charge < -0.3 is 5.32 Å². The number of hydrogen-bond donors (Lipinski definition) is 2. The molecule has 0 fully saturated rings. The van der Waals surface area contributed by atoms with Crippen molar-refractivity contribution in [3.63, 3.8) is 0 Å². The molecular weight excluding hydrogens is 296 g/mol. The van der Waals surface area contributed by atoms with Gasteiger partial charge in [-0.15, -0.1) is 0 Å². The van der Waals surface area contributed by atoms with Gasteiger partial charge in [-0.2, -0.15) is 0 Å². The van der Waals surface area contributed by atoms with Crippen molar-refractivity contribution in [3.05, 3.63) is 23.8 Å². The van der Waals surface area contributed by atoms with Crippen molar-refractivity contribution in [2.24, 2.45) is 0 Å². The maximum absolute atomic E-state index is 12.2.